The van der Waals surface area contributed by atoms with Crippen molar-refractivity contribution in [2.75, 3.05) is 170 Å². The molecule has 0 radical (unpaired) electrons. The molecule has 0 spiro atoms. The van der Waals surface area contributed by atoms with Gasteiger partial charge in [-0.3, -0.25) is 63.2 Å². The molecular formula is C35H65N9O14. The van der Waals surface area contributed by atoms with Crippen molar-refractivity contribution in [2.45, 2.75) is 19.1 Å². The van der Waals surface area contributed by atoms with Gasteiger partial charge in [-0.2, -0.15) is 0 Å². The van der Waals surface area contributed by atoms with Crippen molar-refractivity contribution < 1.29 is 69.6 Å². The molecule has 1 amide bonds. The van der Waals surface area contributed by atoms with Crippen LogP contribution in [0.15, 0.2) is 0 Å². The van der Waals surface area contributed by atoms with Gasteiger partial charge in [0.25, 0.3) is 0 Å². The molecule has 0 aromatic carbocycles. The summed E-state index contributed by atoms with van der Waals surface area (Å²) in [6.45, 7) is 5.40. The fourth-order valence-corrected chi connectivity index (χ4v) is 7.06. The van der Waals surface area contributed by atoms with E-state index in [1.165, 1.54) is 4.90 Å². The Labute approximate surface area is 338 Å². The predicted molar refractivity (Wildman–Crippen MR) is 207 cm³/mol. The highest BCUT2D eigenvalue weighted by molar-refractivity contribution is 5.70. The third kappa shape index (κ3) is 22.4. The van der Waals surface area contributed by atoms with Crippen LogP contribution in [-0.2, 0) is 24.0 Å². The highest BCUT2D eigenvalue weighted by Gasteiger charge is 2.25. The number of hydrogen-bond acceptors (Lipinski definition) is 16. The monoisotopic (exact) mass is 835 g/mol. The molecule has 2 unspecified atom stereocenters. The molecule has 2 heterocycles. The van der Waals surface area contributed by atoms with Crippen LogP contribution < -0.4 is 0 Å². The van der Waals surface area contributed by atoms with Crippen LogP contribution in [0.25, 0.3) is 0 Å². The first-order chi connectivity index (χ1) is 27.4. The van der Waals surface area contributed by atoms with E-state index in [0.717, 1.165) is 0 Å². The molecule has 2 atom stereocenters. The summed E-state index contributed by atoms with van der Waals surface area (Å²) < 4.78 is 0. The molecule has 58 heavy (non-hydrogen) atoms. The Hall–Kier alpha value is -3.78. The van der Waals surface area contributed by atoms with E-state index in [-0.39, 0.29) is 131 Å². The standard InChI is InChI=1S/C35H65N9O14/c1-2-36(20-29(46)22-38-5-8-41(25-32(51)52)13-14-43(27-34(55)56)16-18-44(17-15-38)35(57)58)19-28(45)21-37-3-6-39(23-30(47)48)9-11-42(26-33(53)54)12-10-40(7-4-37)24-31(49)50/h28-29,45-46H,2-27H2,1H3,(H,47,48)(H,49,50)(H,51,52)(H,53,54)(H,55,56)(H,57,58). The fourth-order valence-electron chi connectivity index (χ4n) is 7.06. The molecule has 0 aromatic rings. The topological polar surface area (TPSA) is 293 Å². The van der Waals surface area contributed by atoms with Gasteiger partial charge in [-0.1, -0.05) is 6.92 Å². The van der Waals surface area contributed by atoms with E-state index in [0.29, 0.717) is 39.3 Å². The van der Waals surface area contributed by atoms with Crippen LogP contribution in [0.2, 0.25) is 0 Å². The average Bonchev–Trinajstić information content (AvgIpc) is 3.11. The van der Waals surface area contributed by atoms with Gasteiger partial charge < -0.3 is 45.8 Å². The third-order valence-electron chi connectivity index (χ3n) is 10.2. The number of β-amino-alcohol motifs (C(OH)–C–C–N with tert-alkyl or cyclic N) is 2. The SMILES string of the molecule is CCN(CC(O)CN1CCN(CC(=O)O)CCN(CC(=O)O)CCN(CC(=O)O)CC1)CC(O)CN1CCN(CC(=O)O)CCN(CC(=O)O)CCN(C(=O)O)CC1. The minimum absolute atomic E-state index is 0.0387. The summed E-state index contributed by atoms with van der Waals surface area (Å²) in [6, 6.07) is 0. The van der Waals surface area contributed by atoms with Gasteiger partial charge in [0.15, 0.2) is 0 Å². The molecule has 23 heteroatoms. The molecule has 23 nitrogen and oxygen atoms in total. The van der Waals surface area contributed by atoms with Crippen molar-refractivity contribution in [1.82, 2.24) is 44.1 Å². The molecule has 8 N–H and O–H groups in total. The van der Waals surface area contributed by atoms with Crippen LogP contribution >= 0.6 is 0 Å². The van der Waals surface area contributed by atoms with Crippen molar-refractivity contribution in [3.05, 3.63) is 0 Å². The van der Waals surface area contributed by atoms with Gasteiger partial charge in [-0.05, 0) is 6.54 Å². The molecule has 2 saturated heterocycles. The normalized spacial score (nSPS) is 20.6. The first-order valence-corrected chi connectivity index (χ1v) is 19.6. The number of amides is 1. The van der Waals surface area contributed by atoms with E-state index in [9.17, 15) is 69.6 Å². The number of carboxylic acids is 5. The van der Waals surface area contributed by atoms with E-state index in [2.05, 4.69) is 0 Å². The van der Waals surface area contributed by atoms with Crippen LogP contribution in [0, 0.1) is 0 Å². The molecule has 0 saturated carbocycles. The van der Waals surface area contributed by atoms with Crippen LogP contribution in [0.3, 0.4) is 0 Å². The van der Waals surface area contributed by atoms with E-state index < -0.39 is 48.1 Å². The van der Waals surface area contributed by atoms with Crippen LogP contribution in [0.4, 0.5) is 4.79 Å². The van der Waals surface area contributed by atoms with Gasteiger partial charge in [-0.15, -0.1) is 0 Å². The second-order valence-electron chi connectivity index (χ2n) is 14.9. The number of carboxylic acid groups (broad SMARTS) is 6. The summed E-state index contributed by atoms with van der Waals surface area (Å²) in [7, 11) is 0. The van der Waals surface area contributed by atoms with E-state index >= 15 is 0 Å². The van der Waals surface area contributed by atoms with Crippen LogP contribution in [0.1, 0.15) is 6.92 Å². The van der Waals surface area contributed by atoms with Crippen LogP contribution in [0.5, 0.6) is 0 Å². The summed E-state index contributed by atoms with van der Waals surface area (Å²) >= 11 is 0. The lowest BCUT2D eigenvalue weighted by molar-refractivity contribution is -0.140. The van der Waals surface area contributed by atoms with Crippen molar-refractivity contribution in [3.8, 4) is 0 Å². The van der Waals surface area contributed by atoms with Gasteiger partial charge in [0, 0.05) is 131 Å². The molecule has 334 valence electrons. The molecule has 2 fully saturated rings. The number of aliphatic hydroxyl groups is 2. The lowest BCUT2D eigenvalue weighted by Gasteiger charge is -2.35. The Kier molecular flexibility index (Phi) is 23.5. The highest BCUT2D eigenvalue weighted by Crippen LogP contribution is 2.07. The number of hydrogen-bond donors (Lipinski definition) is 8. The number of aliphatic carboxylic acids is 5. The predicted octanol–water partition coefficient (Wildman–Crippen LogP) is -4.43. The smallest absolute Gasteiger partial charge is 0.407 e. The Morgan fingerprint density at radius 2 is 0.638 bits per heavy atom. The zero-order valence-electron chi connectivity index (χ0n) is 33.6. The van der Waals surface area contributed by atoms with E-state index in [4.69, 9.17) is 0 Å². The summed E-state index contributed by atoms with van der Waals surface area (Å²) in [5, 5.41) is 79.6. The average molecular weight is 836 g/mol. The molecular weight excluding hydrogens is 770 g/mol. The lowest BCUT2D eigenvalue weighted by atomic mass is 10.2. The van der Waals surface area contributed by atoms with Gasteiger partial charge in [0.2, 0.25) is 0 Å². The largest absolute Gasteiger partial charge is 0.480 e. The Morgan fingerprint density at radius 3 is 0.862 bits per heavy atom. The minimum Gasteiger partial charge on any atom is -0.480 e. The summed E-state index contributed by atoms with van der Waals surface area (Å²) in [4.78, 5) is 84.9. The summed E-state index contributed by atoms with van der Waals surface area (Å²) in [5.41, 5.74) is 0. The molecule has 2 aliphatic rings. The molecule has 0 bridgehead atoms. The Bertz CT molecular complexity index is 1270. The second-order valence-corrected chi connectivity index (χ2v) is 14.9. The number of likely N-dealkylation sites (N-methyl/N-ethyl adjacent to an activating group) is 1. The maximum absolute atomic E-state index is 12.0. The Balaban J connectivity index is 2.11. The molecule has 0 aromatic heterocycles. The number of carbonyl (C=O) groups is 6. The maximum atomic E-state index is 12.0. The zero-order valence-corrected chi connectivity index (χ0v) is 33.6. The first kappa shape index (κ1) is 50.4. The number of rotatable bonds is 19. The Morgan fingerprint density at radius 1 is 0.414 bits per heavy atom. The molecule has 2 rings (SSSR count). The van der Waals surface area contributed by atoms with Gasteiger partial charge in [0.05, 0.1) is 44.9 Å². The minimum atomic E-state index is -1.17. The zero-order chi connectivity index (χ0) is 43.2. The first-order valence-electron chi connectivity index (χ1n) is 19.6. The van der Waals surface area contributed by atoms with Crippen molar-refractivity contribution in [3.63, 3.8) is 0 Å². The van der Waals surface area contributed by atoms with E-state index in [1.807, 2.05) is 21.6 Å². The summed E-state index contributed by atoms with van der Waals surface area (Å²) in [5.74, 6) is -5.26. The maximum Gasteiger partial charge on any atom is 0.407 e. The van der Waals surface area contributed by atoms with E-state index in [1.54, 1.807) is 24.5 Å². The number of nitrogens with zero attached hydrogens (tertiary/aromatic N) is 9. The second kappa shape index (κ2) is 27.1. The quantitative estimate of drug-likeness (QED) is 0.0609. The lowest BCUT2D eigenvalue weighted by Crippen LogP contribution is -2.51. The third-order valence-corrected chi connectivity index (χ3v) is 10.2. The van der Waals surface area contributed by atoms with Gasteiger partial charge >= 0.3 is 35.9 Å². The van der Waals surface area contributed by atoms with Gasteiger partial charge in [-0.25, -0.2) is 4.79 Å². The molecule has 0 aliphatic carbocycles. The van der Waals surface area contributed by atoms with Crippen molar-refractivity contribution in [2.24, 2.45) is 0 Å². The highest BCUT2D eigenvalue weighted by atomic mass is 16.4. The van der Waals surface area contributed by atoms with Crippen molar-refractivity contribution in [1.29, 1.82) is 0 Å². The summed E-state index contributed by atoms with van der Waals surface area (Å²) in [6.07, 6.45) is -3.02. The number of aliphatic hydroxyl groups excluding tert-OH is 2. The fraction of sp³-hybridized carbons (Fsp3) is 0.829. The van der Waals surface area contributed by atoms with Crippen molar-refractivity contribution >= 4 is 35.9 Å². The van der Waals surface area contributed by atoms with Gasteiger partial charge in [0.1, 0.15) is 0 Å². The van der Waals surface area contributed by atoms with Crippen LogP contribution in [-0.4, -0.2) is 303 Å². The molecule has 2 aliphatic heterocycles.